The maximum absolute atomic E-state index is 13.3. The average Bonchev–Trinajstić information content (AvgIpc) is 3.03. The summed E-state index contributed by atoms with van der Waals surface area (Å²) in [6.07, 6.45) is 1.79. The Hall–Kier alpha value is -5.65. The average molecular weight is 598 g/mol. The van der Waals surface area contributed by atoms with Gasteiger partial charge in [-0.2, -0.15) is 4.98 Å². The summed E-state index contributed by atoms with van der Waals surface area (Å²) in [4.78, 5) is 47.0. The molecule has 0 bridgehead atoms. The number of carbonyl (C=O) groups excluding carboxylic acids is 3. The Labute approximate surface area is 255 Å². The van der Waals surface area contributed by atoms with Crippen molar-refractivity contribution < 1.29 is 23.9 Å². The highest BCUT2D eigenvalue weighted by Gasteiger charge is 2.17. The second-order valence-corrected chi connectivity index (χ2v) is 9.80. The van der Waals surface area contributed by atoms with Gasteiger partial charge in [-0.15, -0.1) is 0 Å². The zero-order chi connectivity index (χ0) is 31.8. The van der Waals surface area contributed by atoms with Crippen molar-refractivity contribution >= 4 is 52.2 Å². The molecule has 0 aliphatic carbocycles. The molecule has 0 saturated carbocycles. The molecule has 12 nitrogen and oxygen atoms in total. The van der Waals surface area contributed by atoms with Crippen molar-refractivity contribution in [2.45, 2.75) is 27.2 Å². The van der Waals surface area contributed by atoms with Crippen LogP contribution in [0, 0.1) is 13.8 Å². The molecule has 0 unspecified atom stereocenters. The molecule has 4 aromatic rings. The third kappa shape index (κ3) is 7.59. The van der Waals surface area contributed by atoms with Crippen LogP contribution >= 0.6 is 0 Å². The van der Waals surface area contributed by atoms with Gasteiger partial charge in [0, 0.05) is 54.0 Å². The molecule has 0 aliphatic heterocycles. The molecule has 1 heterocycles. The summed E-state index contributed by atoms with van der Waals surface area (Å²) in [6, 6.07) is 15.6. The fourth-order valence-electron chi connectivity index (χ4n) is 4.17. The number of methoxy groups -OCH3 is 2. The van der Waals surface area contributed by atoms with Gasteiger partial charge in [-0.1, -0.05) is 19.1 Å². The van der Waals surface area contributed by atoms with Crippen LogP contribution in [-0.2, 0) is 4.79 Å². The molecule has 12 heteroatoms. The maximum Gasteiger partial charge on any atom is 0.261 e. The molecular formula is C32H35N7O5. The summed E-state index contributed by atoms with van der Waals surface area (Å²) >= 11 is 0. The lowest BCUT2D eigenvalue weighted by molar-refractivity contribution is -0.115. The van der Waals surface area contributed by atoms with Crippen LogP contribution < -0.4 is 36.1 Å². The molecule has 3 amide bonds. The van der Waals surface area contributed by atoms with Crippen LogP contribution in [0.25, 0.3) is 0 Å². The molecule has 0 saturated heterocycles. The second kappa shape index (κ2) is 14.0. The Morgan fingerprint density at radius 3 is 2.00 bits per heavy atom. The number of anilines is 6. The Morgan fingerprint density at radius 1 is 0.773 bits per heavy atom. The van der Waals surface area contributed by atoms with Crippen molar-refractivity contribution in [3.8, 4) is 11.5 Å². The van der Waals surface area contributed by atoms with Gasteiger partial charge >= 0.3 is 0 Å². The number of carbonyl (C=O) groups is 3. The van der Waals surface area contributed by atoms with E-state index in [9.17, 15) is 14.4 Å². The summed E-state index contributed by atoms with van der Waals surface area (Å²) in [5.74, 6) is 0.641. The van der Waals surface area contributed by atoms with Crippen LogP contribution in [-0.4, -0.2) is 49.0 Å². The molecule has 228 valence electrons. The number of rotatable bonds is 11. The first kappa shape index (κ1) is 31.3. The van der Waals surface area contributed by atoms with Gasteiger partial charge < -0.3 is 36.1 Å². The lowest BCUT2D eigenvalue weighted by Crippen LogP contribution is -2.17. The van der Waals surface area contributed by atoms with Gasteiger partial charge in [-0.25, -0.2) is 4.98 Å². The summed E-state index contributed by atoms with van der Waals surface area (Å²) in [6.45, 7) is 5.53. The van der Waals surface area contributed by atoms with Crippen LogP contribution in [0.1, 0.15) is 45.2 Å². The summed E-state index contributed by atoms with van der Waals surface area (Å²) in [5.41, 5.74) is 4.61. The van der Waals surface area contributed by atoms with Crippen molar-refractivity contribution in [1.82, 2.24) is 9.97 Å². The molecule has 44 heavy (non-hydrogen) atoms. The topological polar surface area (TPSA) is 156 Å². The van der Waals surface area contributed by atoms with Gasteiger partial charge in [0.2, 0.25) is 11.9 Å². The fraction of sp³-hybridized carbons (Fsp3) is 0.219. The van der Waals surface area contributed by atoms with Gasteiger partial charge in [-0.3, -0.25) is 14.4 Å². The fourth-order valence-corrected chi connectivity index (χ4v) is 4.17. The molecule has 0 radical (unpaired) electrons. The number of amides is 3. The summed E-state index contributed by atoms with van der Waals surface area (Å²) in [7, 11) is 4.67. The zero-order valence-corrected chi connectivity index (χ0v) is 25.4. The number of ether oxygens (including phenoxy) is 2. The third-order valence-electron chi connectivity index (χ3n) is 6.72. The maximum atomic E-state index is 13.3. The predicted molar refractivity (Wildman–Crippen MR) is 172 cm³/mol. The van der Waals surface area contributed by atoms with Crippen molar-refractivity contribution in [1.29, 1.82) is 0 Å². The highest BCUT2D eigenvalue weighted by Crippen LogP contribution is 2.27. The van der Waals surface area contributed by atoms with Crippen molar-refractivity contribution in [3.63, 3.8) is 0 Å². The number of hydrogen-bond donors (Lipinski definition) is 5. The largest absolute Gasteiger partial charge is 0.497 e. The molecule has 0 aliphatic rings. The van der Waals surface area contributed by atoms with E-state index >= 15 is 0 Å². The van der Waals surface area contributed by atoms with E-state index in [1.165, 1.54) is 20.4 Å². The van der Waals surface area contributed by atoms with E-state index in [1.807, 2.05) is 26.0 Å². The van der Waals surface area contributed by atoms with Crippen LogP contribution in [0.4, 0.5) is 34.5 Å². The molecule has 0 spiro atoms. The normalized spacial score (nSPS) is 10.4. The van der Waals surface area contributed by atoms with Crippen LogP contribution in [0.3, 0.4) is 0 Å². The lowest BCUT2D eigenvalue weighted by atomic mass is 10.1. The first-order valence-electron chi connectivity index (χ1n) is 13.8. The highest BCUT2D eigenvalue weighted by molar-refractivity contribution is 6.09. The molecule has 0 fully saturated rings. The molecule has 5 N–H and O–H groups in total. The number of nitrogens with zero attached hydrogens (tertiary/aromatic N) is 2. The zero-order valence-electron chi connectivity index (χ0n) is 25.4. The molecule has 0 atom stereocenters. The highest BCUT2D eigenvalue weighted by atomic mass is 16.5. The van der Waals surface area contributed by atoms with Crippen LogP contribution in [0.2, 0.25) is 0 Å². The van der Waals surface area contributed by atoms with Crippen LogP contribution in [0.5, 0.6) is 11.5 Å². The number of hydrogen-bond acceptors (Lipinski definition) is 9. The van der Waals surface area contributed by atoms with Crippen LogP contribution in [0.15, 0.2) is 60.8 Å². The van der Waals surface area contributed by atoms with E-state index in [2.05, 4.69) is 36.6 Å². The minimum atomic E-state index is -0.440. The number of aromatic nitrogens is 2. The van der Waals surface area contributed by atoms with Gasteiger partial charge in [0.25, 0.3) is 11.8 Å². The van der Waals surface area contributed by atoms with E-state index in [-0.39, 0.29) is 23.3 Å². The van der Waals surface area contributed by atoms with Gasteiger partial charge in [0.15, 0.2) is 0 Å². The van der Waals surface area contributed by atoms with Gasteiger partial charge in [0.05, 0.1) is 14.2 Å². The Morgan fingerprint density at radius 2 is 1.39 bits per heavy atom. The predicted octanol–water partition coefficient (Wildman–Crippen LogP) is 5.75. The summed E-state index contributed by atoms with van der Waals surface area (Å²) in [5, 5.41) is 14.7. The van der Waals surface area contributed by atoms with Crippen molar-refractivity contribution in [3.05, 3.63) is 83.0 Å². The molecule has 3 aromatic carbocycles. The summed E-state index contributed by atoms with van der Waals surface area (Å²) < 4.78 is 10.5. The Kier molecular flexibility index (Phi) is 9.96. The minimum Gasteiger partial charge on any atom is -0.497 e. The third-order valence-corrected chi connectivity index (χ3v) is 6.72. The van der Waals surface area contributed by atoms with Crippen molar-refractivity contribution in [2.75, 3.05) is 47.9 Å². The van der Waals surface area contributed by atoms with E-state index in [0.717, 1.165) is 11.1 Å². The van der Waals surface area contributed by atoms with Crippen molar-refractivity contribution in [2.24, 2.45) is 0 Å². The SMILES string of the molecule is CCC(=O)Nc1cc(Nc2ncc(C(=O)Nc3cc(NC(=O)c4cc(OC)cc(OC)c4)ccc3C)c(NC)n2)ccc1C. The molecule has 1 aromatic heterocycles. The minimum absolute atomic E-state index is 0.0879. The van der Waals surface area contributed by atoms with E-state index in [4.69, 9.17) is 9.47 Å². The Balaban J connectivity index is 1.50. The first-order valence-corrected chi connectivity index (χ1v) is 13.8. The van der Waals surface area contributed by atoms with E-state index < -0.39 is 5.91 Å². The van der Waals surface area contributed by atoms with E-state index in [0.29, 0.717) is 52.1 Å². The van der Waals surface area contributed by atoms with Gasteiger partial charge in [0.1, 0.15) is 22.9 Å². The second-order valence-electron chi connectivity index (χ2n) is 9.80. The smallest absolute Gasteiger partial charge is 0.261 e. The lowest BCUT2D eigenvalue weighted by Gasteiger charge is -2.15. The number of benzene rings is 3. The molecule has 4 rings (SSSR count). The first-order chi connectivity index (χ1) is 21.1. The Bertz CT molecular complexity index is 1680. The standard InChI is InChI=1S/C32H35N7O5/c1-7-28(40)37-26-15-22(11-9-18(26)2)36-32-34-17-25(29(33-4)39-32)31(42)38-27-14-21(10-8-19(27)3)35-30(41)20-12-23(43-5)16-24(13-20)44-6/h8-17H,7H2,1-6H3,(H,35,41)(H,37,40)(H,38,42)(H2,33,34,36,39). The monoisotopic (exact) mass is 597 g/mol. The van der Waals surface area contributed by atoms with Gasteiger partial charge in [-0.05, 0) is 61.4 Å². The number of aryl methyl sites for hydroxylation is 2. The quantitative estimate of drug-likeness (QED) is 0.145. The van der Waals surface area contributed by atoms with E-state index in [1.54, 1.807) is 56.4 Å². The number of nitrogens with one attached hydrogen (secondary N) is 5. The molecular weight excluding hydrogens is 562 g/mol.